The quantitative estimate of drug-likeness (QED) is 0.0870. The maximum Gasteiger partial charge on any atom is 0.326 e. The summed E-state index contributed by atoms with van der Waals surface area (Å²) in [4.78, 5) is 61.4. The molecule has 0 aromatic heterocycles. The summed E-state index contributed by atoms with van der Waals surface area (Å²) >= 11 is 0. The van der Waals surface area contributed by atoms with Gasteiger partial charge in [-0.3, -0.25) is 19.2 Å². The number of nitrogens with one attached hydrogen (secondary N) is 3. The maximum atomic E-state index is 13.1. The van der Waals surface area contributed by atoms with E-state index in [1.165, 1.54) is 0 Å². The Bertz CT molecular complexity index is 719. The number of carbonyl (C=O) groups is 5. The van der Waals surface area contributed by atoms with E-state index >= 15 is 0 Å². The second-order valence-electron chi connectivity index (χ2n) is 9.33. The van der Waals surface area contributed by atoms with Gasteiger partial charge in [0, 0.05) is 6.42 Å². The summed E-state index contributed by atoms with van der Waals surface area (Å²) in [5.74, 6) is -3.80. The summed E-state index contributed by atoms with van der Waals surface area (Å²) in [5, 5.41) is 17.1. The fourth-order valence-electron chi connectivity index (χ4n) is 3.47. The van der Waals surface area contributed by atoms with Gasteiger partial charge in [0.05, 0.1) is 6.04 Å². The molecule has 0 bridgehead atoms. The molecule has 0 radical (unpaired) electrons. The van der Waals surface area contributed by atoms with Gasteiger partial charge in [-0.25, -0.2) is 4.79 Å². The number of primary amides is 1. The molecule has 0 heterocycles. The molecule has 0 aromatic rings. The van der Waals surface area contributed by atoms with Crippen LogP contribution in [0.15, 0.2) is 0 Å². The predicted octanol–water partition coefficient (Wildman–Crippen LogP) is -1.58. The molecular formula is C23H45N7O6. The van der Waals surface area contributed by atoms with Crippen molar-refractivity contribution in [1.29, 1.82) is 0 Å². The Morgan fingerprint density at radius 1 is 0.722 bits per heavy atom. The fraction of sp³-hybridized carbons (Fsp3) is 0.783. The van der Waals surface area contributed by atoms with Gasteiger partial charge < -0.3 is 44.0 Å². The summed E-state index contributed by atoms with van der Waals surface area (Å²) in [6, 6.07) is -4.22. The minimum atomic E-state index is -1.19. The smallest absolute Gasteiger partial charge is 0.326 e. The second-order valence-corrected chi connectivity index (χ2v) is 9.33. The molecule has 208 valence electrons. The molecule has 0 aliphatic rings. The van der Waals surface area contributed by atoms with Gasteiger partial charge in [0.25, 0.3) is 0 Å². The number of aliphatic carboxylic acids is 1. The number of unbranched alkanes of at least 4 members (excludes halogenated alkanes) is 2. The number of carboxylic acids is 1. The third-order valence-electron chi connectivity index (χ3n) is 5.52. The highest BCUT2D eigenvalue weighted by atomic mass is 16.4. The molecule has 4 amide bonds. The van der Waals surface area contributed by atoms with Crippen LogP contribution in [-0.2, 0) is 24.0 Å². The van der Waals surface area contributed by atoms with Crippen molar-refractivity contribution >= 4 is 29.6 Å². The van der Waals surface area contributed by atoms with Gasteiger partial charge in [-0.2, -0.15) is 0 Å². The number of carboxylic acid groups (broad SMARTS) is 1. The summed E-state index contributed by atoms with van der Waals surface area (Å²) in [5.41, 5.74) is 22.0. The monoisotopic (exact) mass is 515 g/mol. The third kappa shape index (κ3) is 14.6. The molecule has 0 saturated heterocycles. The first kappa shape index (κ1) is 33.2. The van der Waals surface area contributed by atoms with Gasteiger partial charge >= 0.3 is 5.97 Å². The molecule has 4 atom stereocenters. The third-order valence-corrected chi connectivity index (χ3v) is 5.52. The molecule has 13 nitrogen and oxygen atoms in total. The highest BCUT2D eigenvalue weighted by Gasteiger charge is 2.30. The van der Waals surface area contributed by atoms with Gasteiger partial charge in [0.1, 0.15) is 18.1 Å². The highest BCUT2D eigenvalue weighted by Crippen LogP contribution is 2.09. The molecule has 4 unspecified atom stereocenters. The van der Waals surface area contributed by atoms with E-state index in [1.807, 2.05) is 13.8 Å². The lowest BCUT2D eigenvalue weighted by Gasteiger charge is -2.26. The normalized spacial score (nSPS) is 14.4. The minimum absolute atomic E-state index is 0.0174. The standard InChI is InChI=1S/C23H45N7O6/c1-14(2)13-18(22(34)29-17(23(35)36)8-4-6-12-25)30-21(33)16(9-10-19(27)31)28-20(32)15(26)7-3-5-11-24/h14-18H,3-13,24-26H2,1-2H3,(H2,27,31)(H,28,32)(H,29,34)(H,30,33)(H,35,36). The van der Waals surface area contributed by atoms with Crippen molar-refractivity contribution < 1.29 is 29.1 Å². The van der Waals surface area contributed by atoms with Crippen molar-refractivity contribution in [2.75, 3.05) is 13.1 Å². The summed E-state index contributed by atoms with van der Waals surface area (Å²) in [6.07, 6.45) is 2.98. The zero-order valence-electron chi connectivity index (χ0n) is 21.5. The fourth-order valence-corrected chi connectivity index (χ4v) is 3.47. The van der Waals surface area contributed by atoms with E-state index < -0.39 is 53.8 Å². The molecule has 0 aromatic carbocycles. The van der Waals surface area contributed by atoms with Crippen molar-refractivity contribution in [3.05, 3.63) is 0 Å². The van der Waals surface area contributed by atoms with Crippen LogP contribution in [0.25, 0.3) is 0 Å². The molecule has 0 aliphatic carbocycles. The zero-order chi connectivity index (χ0) is 27.7. The van der Waals surface area contributed by atoms with Crippen LogP contribution in [0, 0.1) is 5.92 Å². The number of amides is 4. The Kier molecular flexibility index (Phi) is 17.1. The second kappa shape index (κ2) is 18.5. The van der Waals surface area contributed by atoms with E-state index in [4.69, 9.17) is 22.9 Å². The van der Waals surface area contributed by atoms with E-state index in [0.29, 0.717) is 45.2 Å². The number of nitrogens with two attached hydrogens (primary N) is 4. The molecular weight excluding hydrogens is 470 g/mol. The first-order chi connectivity index (χ1) is 16.9. The molecule has 0 spiro atoms. The van der Waals surface area contributed by atoms with Gasteiger partial charge in [-0.15, -0.1) is 0 Å². The minimum Gasteiger partial charge on any atom is -0.480 e. The molecule has 0 aliphatic heterocycles. The van der Waals surface area contributed by atoms with E-state index in [0.717, 1.165) is 0 Å². The molecule has 13 heteroatoms. The lowest BCUT2D eigenvalue weighted by Crippen LogP contribution is -2.57. The molecule has 0 saturated carbocycles. The SMILES string of the molecule is CC(C)CC(NC(=O)C(CCC(N)=O)NC(=O)C(N)CCCCN)C(=O)NC(CCCCN)C(=O)O. The molecule has 0 rings (SSSR count). The van der Waals surface area contributed by atoms with Crippen LogP contribution in [0.1, 0.15) is 71.6 Å². The first-order valence-corrected chi connectivity index (χ1v) is 12.5. The number of hydrogen-bond donors (Lipinski definition) is 8. The van der Waals surface area contributed by atoms with Crippen molar-refractivity contribution in [2.45, 2.75) is 95.8 Å². The van der Waals surface area contributed by atoms with Crippen molar-refractivity contribution in [2.24, 2.45) is 28.9 Å². The van der Waals surface area contributed by atoms with E-state index in [-0.39, 0.29) is 31.6 Å². The predicted molar refractivity (Wildman–Crippen MR) is 135 cm³/mol. The topological polar surface area (TPSA) is 246 Å². The maximum absolute atomic E-state index is 13.1. The van der Waals surface area contributed by atoms with Crippen LogP contribution in [0.3, 0.4) is 0 Å². The van der Waals surface area contributed by atoms with Gasteiger partial charge in [0.15, 0.2) is 0 Å². The number of carbonyl (C=O) groups excluding carboxylic acids is 4. The number of hydrogen-bond acceptors (Lipinski definition) is 8. The average molecular weight is 516 g/mol. The van der Waals surface area contributed by atoms with E-state index in [9.17, 15) is 29.1 Å². The highest BCUT2D eigenvalue weighted by molar-refractivity contribution is 5.94. The summed E-state index contributed by atoms with van der Waals surface area (Å²) in [7, 11) is 0. The van der Waals surface area contributed by atoms with Crippen LogP contribution < -0.4 is 38.9 Å². The van der Waals surface area contributed by atoms with Crippen LogP contribution in [0.4, 0.5) is 0 Å². The largest absolute Gasteiger partial charge is 0.480 e. The summed E-state index contributed by atoms with van der Waals surface area (Å²) in [6.45, 7) is 4.55. The lowest BCUT2D eigenvalue weighted by atomic mass is 10.0. The van der Waals surface area contributed by atoms with E-state index in [1.54, 1.807) is 0 Å². The van der Waals surface area contributed by atoms with Gasteiger partial charge in [0.2, 0.25) is 23.6 Å². The van der Waals surface area contributed by atoms with Crippen molar-refractivity contribution in [1.82, 2.24) is 16.0 Å². The van der Waals surface area contributed by atoms with Crippen LogP contribution in [-0.4, -0.2) is 72.0 Å². The Morgan fingerprint density at radius 2 is 1.22 bits per heavy atom. The zero-order valence-corrected chi connectivity index (χ0v) is 21.5. The van der Waals surface area contributed by atoms with Crippen molar-refractivity contribution in [3.8, 4) is 0 Å². The number of rotatable bonds is 20. The van der Waals surface area contributed by atoms with Crippen LogP contribution in [0.5, 0.6) is 0 Å². The molecule has 0 fully saturated rings. The van der Waals surface area contributed by atoms with Crippen molar-refractivity contribution in [3.63, 3.8) is 0 Å². The Hall–Kier alpha value is -2.77. The Morgan fingerprint density at radius 3 is 1.72 bits per heavy atom. The van der Waals surface area contributed by atoms with E-state index in [2.05, 4.69) is 16.0 Å². The van der Waals surface area contributed by atoms with Crippen LogP contribution >= 0.6 is 0 Å². The molecule has 12 N–H and O–H groups in total. The lowest BCUT2D eigenvalue weighted by molar-refractivity contribution is -0.142. The van der Waals surface area contributed by atoms with Gasteiger partial charge in [-0.05, 0) is 64.0 Å². The van der Waals surface area contributed by atoms with Crippen LogP contribution in [0.2, 0.25) is 0 Å². The Labute approximate surface area is 212 Å². The first-order valence-electron chi connectivity index (χ1n) is 12.5. The van der Waals surface area contributed by atoms with Gasteiger partial charge in [-0.1, -0.05) is 20.3 Å². The average Bonchev–Trinajstić information content (AvgIpc) is 2.79. The molecule has 36 heavy (non-hydrogen) atoms. The summed E-state index contributed by atoms with van der Waals surface area (Å²) < 4.78 is 0. The Balaban J connectivity index is 5.46.